The van der Waals surface area contributed by atoms with Crippen molar-refractivity contribution in [2.75, 3.05) is 0 Å². The molecule has 0 aliphatic heterocycles. The van der Waals surface area contributed by atoms with Gasteiger partial charge in [0.15, 0.2) is 0 Å². The number of aliphatic hydroxyl groups excluding tert-OH is 1. The predicted molar refractivity (Wildman–Crippen MR) is 52.3 cm³/mol. The number of hydrogen-bond donors (Lipinski definition) is 1. The maximum absolute atomic E-state index is 9.97. The molecule has 3 bridgehead atoms. The molecular weight excluding hydrogens is 160 g/mol. The van der Waals surface area contributed by atoms with Crippen molar-refractivity contribution in [2.45, 2.75) is 51.0 Å². The van der Waals surface area contributed by atoms with Gasteiger partial charge >= 0.3 is 0 Å². The molecule has 1 heteroatoms. The molecule has 0 saturated heterocycles. The van der Waals surface area contributed by atoms with Gasteiger partial charge in [0.2, 0.25) is 0 Å². The van der Waals surface area contributed by atoms with E-state index in [4.69, 9.17) is 0 Å². The topological polar surface area (TPSA) is 20.2 Å². The van der Waals surface area contributed by atoms with Gasteiger partial charge in [0.1, 0.15) is 0 Å². The number of aliphatic hydroxyl groups is 1. The Morgan fingerprint density at radius 3 is 2.31 bits per heavy atom. The first-order valence-electron chi connectivity index (χ1n) is 6.01. The van der Waals surface area contributed by atoms with Crippen molar-refractivity contribution < 1.29 is 5.11 Å². The molecule has 0 aromatic heterocycles. The van der Waals surface area contributed by atoms with Crippen LogP contribution in [0.15, 0.2) is 0 Å². The summed E-state index contributed by atoms with van der Waals surface area (Å²) < 4.78 is 0. The minimum atomic E-state index is 0.0538. The van der Waals surface area contributed by atoms with E-state index in [1.165, 1.54) is 38.5 Å². The van der Waals surface area contributed by atoms with Gasteiger partial charge in [-0.2, -0.15) is 0 Å². The summed E-state index contributed by atoms with van der Waals surface area (Å²) in [6.07, 6.45) is 9.62. The molecule has 3 aliphatic rings. The summed E-state index contributed by atoms with van der Waals surface area (Å²) in [4.78, 5) is 0. The molecule has 3 aliphatic carbocycles. The van der Waals surface area contributed by atoms with Crippen molar-refractivity contribution in [3.05, 3.63) is 0 Å². The molecule has 3 saturated carbocycles. The molecule has 1 N–H and O–H groups in total. The first-order chi connectivity index (χ1) is 6.33. The first-order valence-corrected chi connectivity index (χ1v) is 6.01. The molecule has 0 radical (unpaired) electrons. The standard InChI is InChI=1S/C12H20O/c13-12-7-9-3-1-8-2-4-10(12)6-11(9)5-8/h8-13H,1-7H2. The molecule has 0 heterocycles. The highest BCUT2D eigenvalue weighted by Gasteiger charge is 2.41. The summed E-state index contributed by atoms with van der Waals surface area (Å²) in [6, 6.07) is 0. The van der Waals surface area contributed by atoms with Crippen LogP contribution in [0.4, 0.5) is 0 Å². The van der Waals surface area contributed by atoms with Gasteiger partial charge in [-0.3, -0.25) is 0 Å². The van der Waals surface area contributed by atoms with E-state index in [-0.39, 0.29) is 6.10 Å². The van der Waals surface area contributed by atoms with Crippen LogP contribution in [0, 0.1) is 23.7 Å². The van der Waals surface area contributed by atoms with Gasteiger partial charge in [-0.1, -0.05) is 12.8 Å². The van der Waals surface area contributed by atoms with Gasteiger partial charge in [-0.25, -0.2) is 0 Å². The van der Waals surface area contributed by atoms with E-state index in [2.05, 4.69) is 0 Å². The Kier molecular flexibility index (Phi) is 1.90. The normalized spacial score (nSPS) is 54.7. The predicted octanol–water partition coefficient (Wildman–Crippen LogP) is 2.58. The lowest BCUT2D eigenvalue weighted by molar-refractivity contribution is 0.00601. The van der Waals surface area contributed by atoms with Crippen LogP contribution in [-0.4, -0.2) is 11.2 Å². The fraction of sp³-hybridized carbons (Fsp3) is 1.00. The Morgan fingerprint density at radius 1 is 0.692 bits per heavy atom. The zero-order valence-electron chi connectivity index (χ0n) is 8.28. The SMILES string of the molecule is OC1CC2CCC3CCC1CC2C3. The fourth-order valence-electron chi connectivity index (χ4n) is 4.09. The molecule has 0 aromatic rings. The van der Waals surface area contributed by atoms with Crippen molar-refractivity contribution in [1.29, 1.82) is 0 Å². The van der Waals surface area contributed by atoms with Gasteiger partial charge in [-0.05, 0) is 55.8 Å². The van der Waals surface area contributed by atoms with Gasteiger partial charge in [0.05, 0.1) is 6.10 Å². The lowest BCUT2D eigenvalue weighted by Crippen LogP contribution is -2.35. The highest BCUT2D eigenvalue weighted by atomic mass is 16.3. The lowest BCUT2D eigenvalue weighted by Gasteiger charge is -2.41. The highest BCUT2D eigenvalue weighted by molar-refractivity contribution is 4.92. The van der Waals surface area contributed by atoms with Gasteiger partial charge in [0.25, 0.3) is 0 Å². The molecule has 1 nitrogen and oxygen atoms in total. The maximum Gasteiger partial charge on any atom is 0.0571 e. The van der Waals surface area contributed by atoms with E-state index >= 15 is 0 Å². The Bertz CT molecular complexity index is 201. The van der Waals surface area contributed by atoms with Gasteiger partial charge < -0.3 is 5.11 Å². The second-order valence-electron chi connectivity index (χ2n) is 5.58. The highest BCUT2D eigenvalue weighted by Crippen LogP contribution is 2.50. The largest absolute Gasteiger partial charge is 0.393 e. The Hall–Kier alpha value is -0.0400. The van der Waals surface area contributed by atoms with Gasteiger partial charge in [-0.15, -0.1) is 0 Å². The van der Waals surface area contributed by atoms with Crippen molar-refractivity contribution >= 4 is 0 Å². The van der Waals surface area contributed by atoms with Crippen molar-refractivity contribution in [1.82, 2.24) is 0 Å². The molecule has 0 spiro atoms. The minimum absolute atomic E-state index is 0.0538. The van der Waals surface area contributed by atoms with Crippen LogP contribution < -0.4 is 0 Å². The van der Waals surface area contributed by atoms with Gasteiger partial charge in [0, 0.05) is 0 Å². The molecule has 3 fully saturated rings. The van der Waals surface area contributed by atoms with Crippen LogP contribution in [0.3, 0.4) is 0 Å². The van der Waals surface area contributed by atoms with E-state index < -0.39 is 0 Å². The van der Waals surface area contributed by atoms with Crippen LogP contribution in [0.5, 0.6) is 0 Å². The molecule has 5 unspecified atom stereocenters. The Morgan fingerprint density at radius 2 is 1.46 bits per heavy atom. The Labute approximate surface area is 80.5 Å². The summed E-state index contributed by atoms with van der Waals surface area (Å²) >= 11 is 0. The van der Waals surface area contributed by atoms with Crippen molar-refractivity contribution in [3.8, 4) is 0 Å². The smallest absolute Gasteiger partial charge is 0.0571 e. The minimum Gasteiger partial charge on any atom is -0.393 e. The summed E-state index contributed by atoms with van der Waals surface area (Å²) in [6.45, 7) is 0. The monoisotopic (exact) mass is 180 g/mol. The zero-order chi connectivity index (χ0) is 8.84. The van der Waals surface area contributed by atoms with Crippen LogP contribution in [0.25, 0.3) is 0 Å². The molecule has 13 heavy (non-hydrogen) atoms. The number of fused-ring (bicyclic) bond motifs is 2. The van der Waals surface area contributed by atoms with E-state index in [1.54, 1.807) is 0 Å². The molecule has 5 atom stereocenters. The fourth-order valence-corrected chi connectivity index (χ4v) is 4.09. The average molecular weight is 180 g/mol. The van der Waals surface area contributed by atoms with Crippen LogP contribution in [-0.2, 0) is 0 Å². The quantitative estimate of drug-likeness (QED) is 0.607. The third-order valence-electron chi connectivity index (χ3n) is 4.89. The second kappa shape index (κ2) is 2.98. The van der Waals surface area contributed by atoms with E-state index in [0.29, 0.717) is 5.92 Å². The number of rotatable bonds is 0. The van der Waals surface area contributed by atoms with E-state index in [9.17, 15) is 5.11 Å². The summed E-state index contributed by atoms with van der Waals surface area (Å²) in [7, 11) is 0. The molecule has 3 rings (SSSR count). The molecule has 74 valence electrons. The maximum atomic E-state index is 9.97. The summed E-state index contributed by atoms with van der Waals surface area (Å²) in [5, 5.41) is 9.97. The van der Waals surface area contributed by atoms with Crippen molar-refractivity contribution in [3.63, 3.8) is 0 Å². The van der Waals surface area contributed by atoms with Crippen LogP contribution in [0.1, 0.15) is 44.9 Å². The van der Waals surface area contributed by atoms with E-state index in [1.807, 2.05) is 0 Å². The molecular formula is C12H20O. The van der Waals surface area contributed by atoms with Crippen LogP contribution >= 0.6 is 0 Å². The Balaban J connectivity index is 1.86. The third-order valence-corrected chi connectivity index (χ3v) is 4.89. The van der Waals surface area contributed by atoms with Crippen molar-refractivity contribution in [2.24, 2.45) is 23.7 Å². The first kappa shape index (κ1) is 8.28. The third kappa shape index (κ3) is 1.32. The number of hydrogen-bond acceptors (Lipinski definition) is 1. The summed E-state index contributed by atoms with van der Waals surface area (Å²) in [5.74, 6) is 3.58. The lowest BCUT2D eigenvalue weighted by atomic mass is 9.66. The van der Waals surface area contributed by atoms with Crippen LogP contribution in [0.2, 0.25) is 0 Å². The molecule has 0 amide bonds. The summed E-state index contributed by atoms with van der Waals surface area (Å²) in [5.41, 5.74) is 0. The average Bonchev–Trinajstić information content (AvgIpc) is 2.23. The zero-order valence-corrected chi connectivity index (χ0v) is 8.28. The second-order valence-corrected chi connectivity index (χ2v) is 5.58. The molecule has 0 aromatic carbocycles. The van der Waals surface area contributed by atoms with E-state index in [0.717, 1.165) is 24.2 Å².